The quantitative estimate of drug-likeness (QED) is 0.135. The molecule has 9 aliphatic rings. The number of allylic oxidation sites excluding steroid dienone is 1. The van der Waals surface area contributed by atoms with Crippen LogP contribution >= 0.6 is 0 Å². The largest absolute Gasteiger partial charge is 0.454 e. The molecule has 25 atom stereocenters. The maximum Gasteiger partial charge on any atom is 0.303 e. The Morgan fingerprint density at radius 3 is 2.27 bits per heavy atom. The van der Waals surface area contributed by atoms with E-state index in [0.29, 0.717) is 48.3 Å². The van der Waals surface area contributed by atoms with E-state index in [9.17, 15) is 40.5 Å². The molecule has 7 N–H and O–H groups in total. The van der Waals surface area contributed by atoms with Gasteiger partial charge < -0.3 is 78.4 Å². The molecule has 0 bridgehead atoms. The minimum absolute atomic E-state index is 0.0304. The van der Waals surface area contributed by atoms with Crippen LogP contribution in [0.15, 0.2) is 11.6 Å². The number of esters is 1. The van der Waals surface area contributed by atoms with Crippen molar-refractivity contribution in [3.63, 3.8) is 0 Å². The van der Waals surface area contributed by atoms with Crippen molar-refractivity contribution in [1.29, 1.82) is 0 Å². The molecule has 0 aromatic carbocycles. The first-order valence-electron chi connectivity index (χ1n) is 23.7. The molecule has 5 saturated heterocycles. The van der Waals surface area contributed by atoms with Gasteiger partial charge in [-0.1, -0.05) is 39.3 Å². The molecule has 0 amide bonds. The lowest BCUT2D eigenvalue weighted by atomic mass is 9.47. The van der Waals surface area contributed by atoms with Crippen LogP contribution in [0.25, 0.3) is 0 Å². The van der Waals surface area contributed by atoms with Crippen molar-refractivity contribution in [2.75, 3.05) is 19.8 Å². The summed E-state index contributed by atoms with van der Waals surface area (Å²) in [5.41, 5.74) is 1.50. The van der Waals surface area contributed by atoms with Crippen molar-refractivity contribution in [1.82, 2.24) is 0 Å². The maximum absolute atomic E-state index is 12.1. The number of fused-ring (bicyclic) bond motifs is 7. The van der Waals surface area contributed by atoms with E-state index < -0.39 is 104 Å². The van der Waals surface area contributed by atoms with Crippen LogP contribution in [0.1, 0.15) is 99.3 Å². The van der Waals surface area contributed by atoms with Gasteiger partial charge in [0.15, 0.2) is 30.8 Å². The fraction of sp³-hybridized carbons (Fsp3) is 0.935. The second-order valence-corrected chi connectivity index (χ2v) is 21.2. The highest BCUT2D eigenvalue weighted by Gasteiger charge is 2.69. The zero-order valence-corrected chi connectivity index (χ0v) is 37.5. The minimum Gasteiger partial charge on any atom is -0.454 e. The van der Waals surface area contributed by atoms with Crippen LogP contribution < -0.4 is 0 Å². The summed E-state index contributed by atoms with van der Waals surface area (Å²) in [5.74, 6) is 1.80. The van der Waals surface area contributed by atoms with Crippen molar-refractivity contribution in [2.45, 2.75) is 203 Å². The molecule has 0 radical (unpaired) electrons. The lowest BCUT2D eigenvalue weighted by Crippen LogP contribution is -2.66. The van der Waals surface area contributed by atoms with E-state index in [1.165, 1.54) is 12.5 Å². The van der Waals surface area contributed by atoms with Gasteiger partial charge in [0.1, 0.15) is 54.9 Å². The third kappa shape index (κ3) is 7.97. The summed E-state index contributed by atoms with van der Waals surface area (Å²) in [6.07, 6.45) is -9.49. The first-order chi connectivity index (χ1) is 29.9. The smallest absolute Gasteiger partial charge is 0.303 e. The second kappa shape index (κ2) is 17.6. The SMILES string of the molecule is CC(=O)OC1C(OC2C(CO)OC(OC3CCC4(C)C(=CCC5C4CCC4(C)C5CC5OC6(CCC(C)CO6)C(C)C54)C3)C(OC3OC(C)C(O)C(O)C3O)C2O)OCC(O)C1O. The average molecular weight is 897 g/mol. The Bertz CT molecular complexity index is 1670. The molecule has 8 fully saturated rings. The van der Waals surface area contributed by atoms with E-state index in [1.54, 1.807) is 0 Å². The number of hydrogen-bond acceptors (Lipinski definition) is 17. The molecule has 63 heavy (non-hydrogen) atoms. The van der Waals surface area contributed by atoms with Crippen LogP contribution in [-0.4, -0.2) is 166 Å². The molecule has 5 aliphatic heterocycles. The predicted octanol–water partition coefficient (Wildman–Crippen LogP) is 1.42. The summed E-state index contributed by atoms with van der Waals surface area (Å²) in [7, 11) is 0. The zero-order valence-electron chi connectivity index (χ0n) is 37.5. The first kappa shape index (κ1) is 46.7. The lowest BCUT2D eigenvalue weighted by Gasteiger charge is -2.58. The fourth-order valence-electron chi connectivity index (χ4n) is 14.1. The molecule has 9 rings (SSSR count). The first-order valence-corrected chi connectivity index (χ1v) is 23.7. The molecule has 0 aromatic heterocycles. The van der Waals surface area contributed by atoms with Gasteiger partial charge in [0.05, 0.1) is 38.1 Å². The number of hydrogen-bond donors (Lipinski definition) is 7. The summed E-state index contributed by atoms with van der Waals surface area (Å²) in [5, 5.41) is 75.7. The number of aliphatic hydroxyl groups is 7. The lowest BCUT2D eigenvalue weighted by molar-refractivity contribution is -0.386. The van der Waals surface area contributed by atoms with Crippen molar-refractivity contribution >= 4 is 5.97 Å². The van der Waals surface area contributed by atoms with Gasteiger partial charge in [-0.2, -0.15) is 0 Å². The minimum atomic E-state index is -1.72. The van der Waals surface area contributed by atoms with Crippen LogP contribution in [0.5, 0.6) is 0 Å². The monoisotopic (exact) mass is 896 g/mol. The van der Waals surface area contributed by atoms with Gasteiger partial charge in [-0.3, -0.25) is 4.79 Å². The molecule has 3 saturated carbocycles. The Morgan fingerprint density at radius 2 is 1.56 bits per heavy atom. The van der Waals surface area contributed by atoms with Crippen LogP contribution in [0, 0.1) is 46.3 Å². The van der Waals surface area contributed by atoms with Crippen molar-refractivity contribution < 1.29 is 83.2 Å². The van der Waals surface area contributed by atoms with Crippen LogP contribution in [0.3, 0.4) is 0 Å². The third-order valence-electron chi connectivity index (χ3n) is 17.6. The van der Waals surface area contributed by atoms with Gasteiger partial charge in [-0.15, -0.1) is 0 Å². The average Bonchev–Trinajstić information content (AvgIpc) is 3.70. The summed E-state index contributed by atoms with van der Waals surface area (Å²) in [6.45, 7) is 11.9. The van der Waals surface area contributed by atoms with Gasteiger partial charge in [0.25, 0.3) is 0 Å². The van der Waals surface area contributed by atoms with Crippen molar-refractivity contribution in [3.8, 4) is 0 Å². The Balaban J connectivity index is 0.920. The van der Waals surface area contributed by atoms with E-state index in [0.717, 1.165) is 58.5 Å². The molecule has 17 nitrogen and oxygen atoms in total. The molecule has 25 unspecified atom stereocenters. The highest BCUT2D eigenvalue weighted by atomic mass is 16.8. The molecule has 1 spiro atoms. The van der Waals surface area contributed by atoms with E-state index in [-0.39, 0.29) is 29.6 Å². The Kier molecular flexibility index (Phi) is 13.1. The highest BCUT2D eigenvalue weighted by molar-refractivity contribution is 5.66. The number of carbonyl (C=O) groups is 1. The molecule has 5 heterocycles. The van der Waals surface area contributed by atoms with Crippen LogP contribution in [0.4, 0.5) is 0 Å². The van der Waals surface area contributed by atoms with Crippen LogP contribution in [-0.2, 0) is 47.4 Å². The van der Waals surface area contributed by atoms with E-state index in [2.05, 4.69) is 33.8 Å². The standard InChI is InChI=1S/C46H72O17/c1-20-9-14-46(56-18-20)21(2)32-30(63-46)16-28-26-8-7-24-15-25(10-12-44(24,5)27(26)11-13-45(28,32)6)59-43-40(62-41-36(53)35(52)33(50)22(3)57-41)37(54)38(31(17-47)60-43)61-42-39(58-23(4)48)34(51)29(49)19-55-42/h7,20-22,25-43,47,49-54H,8-19H2,1-6H3. The van der Waals surface area contributed by atoms with Gasteiger partial charge in [0, 0.05) is 19.3 Å². The summed E-state index contributed by atoms with van der Waals surface area (Å²) >= 11 is 0. The molecular weight excluding hydrogens is 824 g/mol. The third-order valence-corrected chi connectivity index (χ3v) is 17.6. The molecule has 4 aliphatic carbocycles. The summed E-state index contributed by atoms with van der Waals surface area (Å²) in [6, 6.07) is 0. The topological polar surface area (TPSA) is 242 Å². The van der Waals surface area contributed by atoms with Gasteiger partial charge in [0.2, 0.25) is 0 Å². The Morgan fingerprint density at radius 1 is 0.794 bits per heavy atom. The van der Waals surface area contributed by atoms with Crippen LogP contribution in [0.2, 0.25) is 0 Å². The van der Waals surface area contributed by atoms with Gasteiger partial charge in [-0.25, -0.2) is 0 Å². The van der Waals surface area contributed by atoms with Gasteiger partial charge >= 0.3 is 5.97 Å². The second-order valence-electron chi connectivity index (χ2n) is 21.2. The van der Waals surface area contributed by atoms with Gasteiger partial charge in [-0.05, 0) is 98.7 Å². The molecular formula is C46H72O17. The number of aliphatic hydroxyl groups excluding tert-OH is 7. The predicted molar refractivity (Wildman–Crippen MR) is 218 cm³/mol. The maximum atomic E-state index is 12.1. The number of carbonyl (C=O) groups excluding carboxylic acids is 1. The number of rotatable bonds is 8. The van der Waals surface area contributed by atoms with Crippen molar-refractivity contribution in [3.05, 3.63) is 11.6 Å². The number of ether oxygens (including phenoxy) is 9. The summed E-state index contributed by atoms with van der Waals surface area (Å²) in [4.78, 5) is 12.0. The Hall–Kier alpha value is -1.39. The fourth-order valence-corrected chi connectivity index (χ4v) is 14.1. The van der Waals surface area contributed by atoms with Crippen molar-refractivity contribution in [2.24, 2.45) is 46.3 Å². The normalized spacial score (nSPS) is 55.6. The van der Waals surface area contributed by atoms with E-state index in [4.69, 9.17) is 42.6 Å². The molecule has 358 valence electrons. The van der Waals surface area contributed by atoms with E-state index in [1.807, 2.05) is 0 Å². The highest BCUT2D eigenvalue weighted by Crippen LogP contribution is 2.70. The van der Waals surface area contributed by atoms with E-state index >= 15 is 0 Å². The zero-order chi connectivity index (χ0) is 44.9. The molecule has 0 aromatic rings. The molecule has 17 heteroatoms. The summed E-state index contributed by atoms with van der Waals surface area (Å²) < 4.78 is 55.5. The Labute approximate surface area is 369 Å².